The molecule has 17 heavy (non-hydrogen) atoms. The predicted octanol–water partition coefficient (Wildman–Crippen LogP) is 2.82. The van der Waals surface area contributed by atoms with Crippen LogP contribution in [-0.4, -0.2) is 17.9 Å². The fourth-order valence-corrected chi connectivity index (χ4v) is 2.33. The van der Waals surface area contributed by atoms with Gasteiger partial charge in [-0.2, -0.15) is 0 Å². The van der Waals surface area contributed by atoms with E-state index < -0.39 is 11.9 Å². The molecule has 0 amide bonds. The van der Waals surface area contributed by atoms with Crippen molar-refractivity contribution in [3.8, 4) is 11.5 Å². The highest BCUT2D eigenvalue weighted by Crippen LogP contribution is 2.44. The molecular formula is C12H13ClO4. The van der Waals surface area contributed by atoms with E-state index in [1.807, 2.05) is 6.92 Å². The van der Waals surface area contributed by atoms with Crippen LogP contribution in [0.2, 0.25) is 5.02 Å². The molecule has 92 valence electrons. The number of rotatable bonds is 3. The lowest BCUT2D eigenvalue weighted by molar-refractivity contribution is -0.138. The highest BCUT2D eigenvalue weighted by atomic mass is 35.5. The number of benzene rings is 1. The average Bonchev–Trinajstić information content (AvgIpc) is 2.76. The summed E-state index contributed by atoms with van der Waals surface area (Å²) >= 11 is 6.21. The van der Waals surface area contributed by atoms with Gasteiger partial charge in [0.2, 0.25) is 6.79 Å². The number of carboxylic acid groups (broad SMARTS) is 1. The van der Waals surface area contributed by atoms with Gasteiger partial charge >= 0.3 is 5.97 Å². The number of ether oxygens (including phenoxy) is 2. The second kappa shape index (κ2) is 4.45. The second-order valence-corrected chi connectivity index (χ2v) is 4.28. The van der Waals surface area contributed by atoms with Crippen LogP contribution in [0, 0.1) is 0 Å². The van der Waals surface area contributed by atoms with Gasteiger partial charge in [0.25, 0.3) is 0 Å². The molecule has 0 aromatic heterocycles. The SMILES string of the molecule is CCc1c(C(C)C(=O)O)cc2c(c1Cl)OCO2. The highest BCUT2D eigenvalue weighted by molar-refractivity contribution is 6.33. The van der Waals surface area contributed by atoms with Crippen molar-refractivity contribution in [1.82, 2.24) is 0 Å². The average molecular weight is 257 g/mol. The van der Waals surface area contributed by atoms with Crippen molar-refractivity contribution in [2.45, 2.75) is 26.2 Å². The van der Waals surface area contributed by atoms with Gasteiger partial charge in [-0.1, -0.05) is 18.5 Å². The smallest absolute Gasteiger partial charge is 0.310 e. The third kappa shape index (κ3) is 1.93. The molecule has 1 aliphatic rings. The zero-order valence-corrected chi connectivity index (χ0v) is 10.4. The normalized spacial score (nSPS) is 14.8. The van der Waals surface area contributed by atoms with Gasteiger partial charge in [-0.3, -0.25) is 4.79 Å². The van der Waals surface area contributed by atoms with Gasteiger partial charge < -0.3 is 14.6 Å². The fraction of sp³-hybridized carbons (Fsp3) is 0.417. The van der Waals surface area contributed by atoms with Crippen LogP contribution in [-0.2, 0) is 11.2 Å². The Morgan fingerprint density at radius 3 is 2.88 bits per heavy atom. The molecule has 0 saturated carbocycles. The molecule has 1 heterocycles. The summed E-state index contributed by atoms with van der Waals surface area (Å²) in [6, 6.07) is 1.71. The Balaban J connectivity index is 2.59. The highest BCUT2D eigenvalue weighted by Gasteiger charge is 2.26. The minimum atomic E-state index is -0.880. The van der Waals surface area contributed by atoms with Crippen LogP contribution in [0.5, 0.6) is 11.5 Å². The summed E-state index contributed by atoms with van der Waals surface area (Å²) in [6.07, 6.45) is 0.655. The molecule has 1 aliphatic heterocycles. The maximum atomic E-state index is 11.1. The number of fused-ring (bicyclic) bond motifs is 1. The van der Waals surface area contributed by atoms with Gasteiger partial charge in [0, 0.05) is 0 Å². The summed E-state index contributed by atoms with van der Waals surface area (Å²) < 4.78 is 10.5. The lowest BCUT2D eigenvalue weighted by Gasteiger charge is -2.15. The van der Waals surface area contributed by atoms with Crippen molar-refractivity contribution in [2.24, 2.45) is 0 Å². The van der Waals surface area contributed by atoms with Crippen LogP contribution in [0.15, 0.2) is 6.07 Å². The summed E-state index contributed by atoms with van der Waals surface area (Å²) in [6.45, 7) is 3.69. The maximum absolute atomic E-state index is 11.1. The van der Waals surface area contributed by atoms with Crippen LogP contribution >= 0.6 is 11.6 Å². The summed E-state index contributed by atoms with van der Waals surface area (Å²) in [7, 11) is 0. The van der Waals surface area contributed by atoms with Gasteiger partial charge in [0.05, 0.1) is 10.9 Å². The Hall–Kier alpha value is -1.42. The molecule has 0 aliphatic carbocycles. The first-order valence-corrected chi connectivity index (χ1v) is 5.77. The Morgan fingerprint density at radius 2 is 2.29 bits per heavy atom. The quantitative estimate of drug-likeness (QED) is 0.904. The number of hydrogen-bond donors (Lipinski definition) is 1. The summed E-state index contributed by atoms with van der Waals surface area (Å²) in [4.78, 5) is 11.1. The number of halogens is 1. The van der Waals surface area contributed by atoms with E-state index in [2.05, 4.69) is 0 Å². The fourth-order valence-electron chi connectivity index (χ4n) is 1.94. The van der Waals surface area contributed by atoms with E-state index in [4.69, 9.17) is 26.2 Å². The van der Waals surface area contributed by atoms with Crippen molar-refractivity contribution in [2.75, 3.05) is 6.79 Å². The van der Waals surface area contributed by atoms with E-state index in [0.717, 1.165) is 5.56 Å². The van der Waals surface area contributed by atoms with E-state index in [-0.39, 0.29) is 6.79 Å². The monoisotopic (exact) mass is 256 g/mol. The lowest BCUT2D eigenvalue weighted by Crippen LogP contribution is -2.10. The third-order valence-electron chi connectivity index (χ3n) is 2.93. The van der Waals surface area contributed by atoms with Crippen LogP contribution in [0.4, 0.5) is 0 Å². The third-order valence-corrected chi connectivity index (χ3v) is 3.33. The number of carboxylic acids is 1. The number of aliphatic carboxylic acids is 1. The number of hydrogen-bond acceptors (Lipinski definition) is 3. The van der Waals surface area contributed by atoms with E-state index in [9.17, 15) is 4.79 Å². The van der Waals surface area contributed by atoms with Crippen molar-refractivity contribution < 1.29 is 19.4 Å². The van der Waals surface area contributed by atoms with Gasteiger partial charge in [-0.05, 0) is 30.5 Å². The molecule has 1 aromatic rings. The lowest BCUT2D eigenvalue weighted by atomic mass is 9.93. The molecule has 0 saturated heterocycles. The van der Waals surface area contributed by atoms with Crippen LogP contribution in [0.1, 0.15) is 30.9 Å². The topological polar surface area (TPSA) is 55.8 Å². The Morgan fingerprint density at radius 1 is 1.59 bits per heavy atom. The van der Waals surface area contributed by atoms with Gasteiger partial charge in [-0.15, -0.1) is 0 Å². The molecular weight excluding hydrogens is 244 g/mol. The molecule has 4 nitrogen and oxygen atoms in total. The number of carbonyl (C=O) groups is 1. The minimum Gasteiger partial charge on any atom is -0.481 e. The van der Waals surface area contributed by atoms with Gasteiger partial charge in [0.15, 0.2) is 11.5 Å². The van der Waals surface area contributed by atoms with E-state index >= 15 is 0 Å². The summed E-state index contributed by atoms with van der Waals surface area (Å²) in [5, 5.41) is 9.54. The van der Waals surface area contributed by atoms with Crippen molar-refractivity contribution in [1.29, 1.82) is 0 Å². The standard InChI is InChI=1S/C12H13ClO4/c1-3-7-8(6(2)12(14)15)4-9-11(10(7)13)17-5-16-9/h4,6H,3,5H2,1-2H3,(H,14,15). The zero-order chi connectivity index (χ0) is 12.6. The first kappa shape index (κ1) is 12.0. The first-order valence-electron chi connectivity index (χ1n) is 5.40. The largest absolute Gasteiger partial charge is 0.481 e. The molecule has 1 N–H and O–H groups in total. The molecule has 1 atom stereocenters. The van der Waals surface area contributed by atoms with Crippen molar-refractivity contribution in [3.05, 3.63) is 22.2 Å². The van der Waals surface area contributed by atoms with Crippen LogP contribution in [0.3, 0.4) is 0 Å². The van der Waals surface area contributed by atoms with Crippen molar-refractivity contribution in [3.63, 3.8) is 0 Å². The molecule has 0 radical (unpaired) electrons. The Bertz CT molecular complexity index is 470. The van der Waals surface area contributed by atoms with Crippen molar-refractivity contribution >= 4 is 17.6 Å². The zero-order valence-electron chi connectivity index (χ0n) is 9.62. The molecule has 0 bridgehead atoms. The van der Waals surface area contributed by atoms with Gasteiger partial charge in [-0.25, -0.2) is 0 Å². The summed E-state index contributed by atoms with van der Waals surface area (Å²) in [5.41, 5.74) is 1.50. The Kier molecular flexibility index (Phi) is 3.15. The van der Waals surface area contributed by atoms with Gasteiger partial charge in [0.1, 0.15) is 0 Å². The first-order chi connectivity index (χ1) is 8.06. The maximum Gasteiger partial charge on any atom is 0.310 e. The molecule has 2 rings (SSSR count). The molecule has 0 spiro atoms. The molecule has 1 aromatic carbocycles. The molecule has 1 unspecified atom stereocenters. The van der Waals surface area contributed by atoms with E-state index in [1.54, 1.807) is 13.0 Å². The van der Waals surface area contributed by atoms with Crippen LogP contribution < -0.4 is 9.47 Å². The summed E-state index contributed by atoms with van der Waals surface area (Å²) in [5.74, 6) is -0.452. The molecule has 5 heteroatoms. The second-order valence-electron chi connectivity index (χ2n) is 3.91. The molecule has 0 fully saturated rings. The minimum absolute atomic E-state index is 0.128. The Labute approximate surface area is 104 Å². The van der Waals surface area contributed by atoms with E-state index in [0.29, 0.717) is 28.5 Å². The van der Waals surface area contributed by atoms with Crippen LogP contribution in [0.25, 0.3) is 0 Å². The predicted molar refractivity (Wildman–Crippen MR) is 63.0 cm³/mol. The van der Waals surface area contributed by atoms with E-state index in [1.165, 1.54) is 0 Å².